The molecule has 0 aliphatic heterocycles. The van der Waals surface area contributed by atoms with Crippen LogP contribution in [0.25, 0.3) is 0 Å². The van der Waals surface area contributed by atoms with E-state index in [1.54, 1.807) is 24.3 Å². The first-order valence-corrected chi connectivity index (χ1v) is 6.71. The number of methoxy groups -OCH3 is 1. The predicted octanol–water partition coefficient (Wildman–Crippen LogP) is 1.77. The van der Waals surface area contributed by atoms with Crippen LogP contribution >= 0.6 is 0 Å². The van der Waals surface area contributed by atoms with E-state index in [2.05, 4.69) is 5.32 Å². The maximum Gasteiger partial charge on any atom is 0.342 e. The van der Waals surface area contributed by atoms with Gasteiger partial charge in [-0.2, -0.15) is 0 Å². The average Bonchev–Trinajstić information content (AvgIpc) is 3.29. The average molecular weight is 277 g/mol. The Morgan fingerprint density at radius 2 is 2.05 bits per heavy atom. The van der Waals surface area contributed by atoms with Crippen LogP contribution in [0.2, 0.25) is 0 Å². The molecule has 1 aliphatic carbocycles. The Labute approximate surface area is 118 Å². The van der Waals surface area contributed by atoms with Gasteiger partial charge in [-0.15, -0.1) is 0 Å². The lowest BCUT2D eigenvalue weighted by Crippen LogP contribution is -2.37. The number of nitrogens with one attached hydrogen (secondary N) is 1. The monoisotopic (exact) mass is 277 g/mol. The Balaban J connectivity index is 1.83. The second-order valence-corrected chi connectivity index (χ2v) is 4.97. The fourth-order valence-corrected chi connectivity index (χ4v) is 2.03. The van der Waals surface area contributed by atoms with Crippen molar-refractivity contribution in [3.8, 4) is 5.75 Å². The van der Waals surface area contributed by atoms with Crippen LogP contribution in [-0.2, 0) is 9.53 Å². The van der Waals surface area contributed by atoms with Crippen molar-refractivity contribution >= 4 is 11.9 Å². The van der Waals surface area contributed by atoms with Crippen LogP contribution < -0.4 is 10.1 Å². The molecule has 0 heterocycles. The van der Waals surface area contributed by atoms with E-state index in [1.807, 2.05) is 6.92 Å². The Kier molecular flexibility index (Phi) is 4.61. The molecular formula is C15H19NO4. The van der Waals surface area contributed by atoms with Gasteiger partial charge < -0.3 is 14.8 Å². The lowest BCUT2D eigenvalue weighted by Gasteiger charge is -2.13. The highest BCUT2D eigenvalue weighted by atomic mass is 16.5. The third kappa shape index (κ3) is 3.73. The Bertz CT molecular complexity index is 496. The van der Waals surface area contributed by atoms with Crippen molar-refractivity contribution in [2.45, 2.75) is 25.8 Å². The normalized spacial score (nSPS) is 15.3. The summed E-state index contributed by atoms with van der Waals surface area (Å²) in [5.41, 5.74) is 0.318. The molecule has 1 atom stereocenters. The van der Waals surface area contributed by atoms with Crippen molar-refractivity contribution in [3.05, 3.63) is 29.8 Å². The minimum Gasteiger partial charge on any atom is -0.496 e. The van der Waals surface area contributed by atoms with Crippen molar-refractivity contribution in [1.82, 2.24) is 5.32 Å². The van der Waals surface area contributed by atoms with Crippen LogP contribution in [0.4, 0.5) is 0 Å². The fourth-order valence-electron chi connectivity index (χ4n) is 2.03. The molecule has 1 saturated carbocycles. The van der Waals surface area contributed by atoms with E-state index < -0.39 is 5.97 Å². The molecule has 0 aromatic heterocycles. The first kappa shape index (κ1) is 14.4. The number of carbonyl (C=O) groups excluding carboxylic acids is 2. The number of rotatable bonds is 6. The number of benzene rings is 1. The summed E-state index contributed by atoms with van der Waals surface area (Å²) in [5.74, 6) is 0.178. The van der Waals surface area contributed by atoms with Gasteiger partial charge in [0.15, 0.2) is 6.61 Å². The molecule has 20 heavy (non-hydrogen) atoms. The summed E-state index contributed by atoms with van der Waals surface area (Å²) in [4.78, 5) is 23.5. The quantitative estimate of drug-likeness (QED) is 0.805. The third-order valence-corrected chi connectivity index (χ3v) is 3.38. The molecule has 1 aromatic carbocycles. The molecule has 1 aliphatic rings. The van der Waals surface area contributed by atoms with Gasteiger partial charge in [-0.05, 0) is 37.8 Å². The van der Waals surface area contributed by atoms with Gasteiger partial charge in [0.25, 0.3) is 5.91 Å². The smallest absolute Gasteiger partial charge is 0.342 e. The highest BCUT2D eigenvalue weighted by Gasteiger charge is 2.29. The Morgan fingerprint density at radius 3 is 2.70 bits per heavy atom. The first-order valence-electron chi connectivity index (χ1n) is 6.71. The van der Waals surface area contributed by atoms with Crippen LogP contribution in [0.3, 0.4) is 0 Å². The van der Waals surface area contributed by atoms with Gasteiger partial charge in [0.05, 0.1) is 7.11 Å². The molecule has 0 spiro atoms. The number of amides is 1. The fraction of sp³-hybridized carbons (Fsp3) is 0.467. The molecule has 0 bridgehead atoms. The van der Waals surface area contributed by atoms with Crippen molar-refractivity contribution in [2.75, 3.05) is 13.7 Å². The van der Waals surface area contributed by atoms with Crippen LogP contribution in [0.5, 0.6) is 5.75 Å². The van der Waals surface area contributed by atoms with Gasteiger partial charge in [-0.25, -0.2) is 4.79 Å². The van der Waals surface area contributed by atoms with Gasteiger partial charge in [0, 0.05) is 6.04 Å². The Morgan fingerprint density at radius 1 is 1.35 bits per heavy atom. The van der Waals surface area contributed by atoms with E-state index in [-0.39, 0.29) is 18.6 Å². The van der Waals surface area contributed by atoms with Gasteiger partial charge in [-0.3, -0.25) is 4.79 Å². The maximum atomic E-state index is 11.9. The summed E-state index contributed by atoms with van der Waals surface area (Å²) in [6.45, 7) is 1.70. The molecule has 108 valence electrons. The molecule has 0 unspecified atom stereocenters. The van der Waals surface area contributed by atoms with E-state index in [0.29, 0.717) is 17.2 Å². The van der Waals surface area contributed by atoms with E-state index in [9.17, 15) is 9.59 Å². The minimum atomic E-state index is -0.559. The topological polar surface area (TPSA) is 64.6 Å². The SMILES string of the molecule is COc1ccccc1C(=O)OCC(=O)N[C@@H](C)C1CC1. The standard InChI is InChI=1S/C15H19NO4/c1-10(11-7-8-11)16-14(17)9-20-15(18)12-5-3-4-6-13(12)19-2/h3-6,10-11H,7-9H2,1-2H3,(H,16,17)/t10-/m0/s1. The summed E-state index contributed by atoms with van der Waals surface area (Å²) < 4.78 is 10.1. The maximum absolute atomic E-state index is 11.9. The lowest BCUT2D eigenvalue weighted by atomic mass is 10.2. The van der Waals surface area contributed by atoms with Crippen molar-refractivity contribution in [2.24, 2.45) is 5.92 Å². The number of para-hydroxylation sites is 1. The highest BCUT2D eigenvalue weighted by Crippen LogP contribution is 2.32. The van der Waals surface area contributed by atoms with Crippen LogP contribution in [-0.4, -0.2) is 31.6 Å². The summed E-state index contributed by atoms with van der Waals surface area (Å²) in [5, 5.41) is 2.83. The van der Waals surface area contributed by atoms with Gasteiger partial charge >= 0.3 is 5.97 Å². The lowest BCUT2D eigenvalue weighted by molar-refractivity contribution is -0.125. The predicted molar refractivity (Wildman–Crippen MR) is 73.6 cm³/mol. The molecule has 5 heteroatoms. The van der Waals surface area contributed by atoms with Crippen molar-refractivity contribution in [1.29, 1.82) is 0 Å². The molecule has 0 saturated heterocycles. The number of ether oxygens (including phenoxy) is 2. The molecule has 1 amide bonds. The summed E-state index contributed by atoms with van der Waals surface area (Å²) in [6, 6.07) is 6.90. The molecule has 1 aromatic rings. The van der Waals surface area contributed by atoms with Crippen LogP contribution in [0, 0.1) is 5.92 Å². The molecule has 1 N–H and O–H groups in total. The largest absolute Gasteiger partial charge is 0.496 e. The van der Waals surface area contributed by atoms with Crippen LogP contribution in [0.1, 0.15) is 30.1 Å². The zero-order valence-electron chi connectivity index (χ0n) is 11.7. The van der Waals surface area contributed by atoms with Crippen molar-refractivity contribution < 1.29 is 19.1 Å². The van der Waals surface area contributed by atoms with Crippen LogP contribution in [0.15, 0.2) is 24.3 Å². The molecule has 5 nitrogen and oxygen atoms in total. The zero-order chi connectivity index (χ0) is 14.5. The minimum absolute atomic E-state index is 0.146. The molecular weight excluding hydrogens is 258 g/mol. The highest BCUT2D eigenvalue weighted by molar-refractivity contribution is 5.94. The molecule has 2 rings (SSSR count). The summed E-state index contributed by atoms with van der Waals surface area (Å²) in [6.07, 6.45) is 2.31. The van der Waals surface area contributed by atoms with Crippen molar-refractivity contribution in [3.63, 3.8) is 0 Å². The number of carbonyl (C=O) groups is 2. The number of hydrogen-bond donors (Lipinski definition) is 1. The van der Waals surface area contributed by atoms with Gasteiger partial charge in [-0.1, -0.05) is 12.1 Å². The van der Waals surface area contributed by atoms with E-state index in [0.717, 1.165) is 12.8 Å². The second kappa shape index (κ2) is 6.41. The zero-order valence-corrected chi connectivity index (χ0v) is 11.7. The van der Waals surface area contributed by atoms with Gasteiger partial charge in [0.1, 0.15) is 11.3 Å². The molecule has 1 fully saturated rings. The number of esters is 1. The van der Waals surface area contributed by atoms with Gasteiger partial charge in [0.2, 0.25) is 0 Å². The summed E-state index contributed by atoms with van der Waals surface area (Å²) in [7, 11) is 1.48. The number of hydrogen-bond acceptors (Lipinski definition) is 4. The Hall–Kier alpha value is -2.04. The van der Waals surface area contributed by atoms with E-state index in [4.69, 9.17) is 9.47 Å². The molecule has 0 radical (unpaired) electrons. The van der Waals surface area contributed by atoms with E-state index in [1.165, 1.54) is 7.11 Å². The first-order chi connectivity index (χ1) is 9.61. The third-order valence-electron chi connectivity index (χ3n) is 3.38. The summed E-state index contributed by atoms with van der Waals surface area (Å²) >= 11 is 0. The second-order valence-electron chi connectivity index (χ2n) is 4.97. The van der Waals surface area contributed by atoms with E-state index >= 15 is 0 Å².